The maximum atomic E-state index is 13.6. The van der Waals surface area contributed by atoms with Gasteiger partial charge in [-0.3, -0.25) is 14.4 Å². The number of amides is 3. The van der Waals surface area contributed by atoms with Crippen molar-refractivity contribution in [2.24, 2.45) is 17.6 Å². The average Bonchev–Trinajstić information content (AvgIpc) is 3.72. The van der Waals surface area contributed by atoms with Crippen molar-refractivity contribution in [1.29, 1.82) is 0 Å². The van der Waals surface area contributed by atoms with Gasteiger partial charge >= 0.3 is 0 Å². The summed E-state index contributed by atoms with van der Waals surface area (Å²) in [4.78, 5) is 39.5. The van der Waals surface area contributed by atoms with Gasteiger partial charge < -0.3 is 21.7 Å². The molecule has 6 N–H and O–H groups in total. The molecule has 1 heterocycles. The molecule has 3 amide bonds. The maximum absolute atomic E-state index is 13.6. The van der Waals surface area contributed by atoms with Gasteiger partial charge in [-0.1, -0.05) is 36.4 Å². The van der Waals surface area contributed by atoms with Gasteiger partial charge in [0.2, 0.25) is 11.8 Å². The average molecular weight is 621 g/mol. The van der Waals surface area contributed by atoms with E-state index in [9.17, 15) is 14.4 Å². The van der Waals surface area contributed by atoms with Crippen LogP contribution in [0.4, 0.5) is 5.69 Å². The quantitative estimate of drug-likeness (QED) is 0.168. The van der Waals surface area contributed by atoms with Gasteiger partial charge in [0.1, 0.15) is 6.04 Å². The Hall–Kier alpha value is -4.90. The molecule has 0 bridgehead atoms. The molecule has 1 aromatic heterocycles. The third kappa shape index (κ3) is 7.66. The lowest BCUT2D eigenvalue weighted by Crippen LogP contribution is -2.48. The topological polar surface area (TPSA) is 168 Å². The second-order valence-electron chi connectivity index (χ2n) is 12.5. The van der Waals surface area contributed by atoms with Gasteiger partial charge in [0.15, 0.2) is 5.82 Å². The number of hydrogen-bond acceptors (Lipinski definition) is 7. The number of anilines is 1. The van der Waals surface area contributed by atoms with E-state index >= 15 is 0 Å². The van der Waals surface area contributed by atoms with E-state index in [0.717, 1.165) is 66.3 Å². The largest absolute Gasteiger partial charge is 0.349 e. The molecule has 2 aliphatic carbocycles. The van der Waals surface area contributed by atoms with Crippen LogP contribution in [0.15, 0.2) is 66.7 Å². The molecule has 0 radical (unpaired) electrons. The van der Waals surface area contributed by atoms with Crippen LogP contribution < -0.4 is 21.7 Å². The molecule has 6 rings (SSSR count). The number of carbonyl (C=O) groups is 3. The summed E-state index contributed by atoms with van der Waals surface area (Å²) in [5, 5.41) is 22.9. The van der Waals surface area contributed by atoms with Crippen LogP contribution in [0.3, 0.4) is 0 Å². The highest BCUT2D eigenvalue weighted by atomic mass is 16.2. The zero-order valence-corrected chi connectivity index (χ0v) is 26.0. The number of benzene rings is 3. The molecular weight excluding hydrogens is 580 g/mol. The lowest BCUT2D eigenvalue weighted by Gasteiger charge is -2.28. The number of nitrogens with one attached hydrogen (secondary N) is 4. The molecule has 3 aromatic carbocycles. The van der Waals surface area contributed by atoms with E-state index < -0.39 is 6.04 Å². The molecule has 0 aliphatic heterocycles. The molecule has 46 heavy (non-hydrogen) atoms. The van der Waals surface area contributed by atoms with E-state index in [0.29, 0.717) is 42.0 Å². The van der Waals surface area contributed by atoms with Crippen molar-refractivity contribution < 1.29 is 14.4 Å². The van der Waals surface area contributed by atoms with Crippen molar-refractivity contribution in [3.63, 3.8) is 0 Å². The Bertz CT molecular complexity index is 1660. The third-order valence-electron chi connectivity index (χ3n) is 9.07. The summed E-state index contributed by atoms with van der Waals surface area (Å²) in [7, 11) is 0. The molecule has 0 saturated heterocycles. The molecule has 11 nitrogen and oxygen atoms in total. The number of hydrogen-bond donors (Lipinski definition) is 5. The smallest absolute Gasteiger partial charge is 0.251 e. The molecule has 11 heteroatoms. The van der Waals surface area contributed by atoms with E-state index in [1.807, 2.05) is 61.5 Å². The van der Waals surface area contributed by atoms with Gasteiger partial charge in [0, 0.05) is 35.2 Å². The number of tetrazole rings is 1. The molecule has 4 aromatic rings. The summed E-state index contributed by atoms with van der Waals surface area (Å²) in [5.74, 6) is 0.439. The number of rotatable bonds is 11. The molecule has 2 aliphatic rings. The van der Waals surface area contributed by atoms with Crippen LogP contribution in [-0.4, -0.2) is 57.0 Å². The van der Waals surface area contributed by atoms with E-state index in [-0.39, 0.29) is 23.6 Å². The minimum Gasteiger partial charge on any atom is -0.349 e. The van der Waals surface area contributed by atoms with Gasteiger partial charge in [0.25, 0.3) is 5.91 Å². The molecule has 2 saturated carbocycles. The predicted octanol–water partition coefficient (Wildman–Crippen LogP) is 4.17. The highest BCUT2D eigenvalue weighted by Crippen LogP contribution is 2.29. The Morgan fingerprint density at radius 3 is 2.22 bits per heavy atom. The number of nitrogens with zero attached hydrogens (tertiary/aromatic N) is 3. The van der Waals surface area contributed by atoms with Gasteiger partial charge in [-0.15, -0.1) is 5.10 Å². The molecule has 1 atom stereocenters. The van der Waals surface area contributed by atoms with Crippen molar-refractivity contribution in [3.05, 3.63) is 83.4 Å². The standard InChI is InChI=1S/C35H40N8O3/c1-21-18-27(12-17-30(21)34(45)37-29-15-16-29)24-6-2-22(3-7-24)19-31(39-33(44)26-8-4-23(20-36)5-9-26)35(46)38-28-13-10-25(11-14-28)32-40-42-43-41-32/h2-3,6-7,10-14,17-18,23,26,29,31H,4-5,8-9,15-16,19-20,36H2,1H3,(H,37,45)(H,38,46)(H,39,44)(H,40,41,42,43)/t23-,26-,31?. The fraction of sp³-hybridized carbons (Fsp3) is 0.371. The fourth-order valence-corrected chi connectivity index (χ4v) is 6.04. The first-order chi connectivity index (χ1) is 22.4. The van der Waals surface area contributed by atoms with E-state index in [4.69, 9.17) is 5.73 Å². The first-order valence-electron chi connectivity index (χ1n) is 16.0. The second kappa shape index (κ2) is 14.0. The van der Waals surface area contributed by atoms with Crippen molar-refractivity contribution in [1.82, 2.24) is 31.3 Å². The summed E-state index contributed by atoms with van der Waals surface area (Å²) in [6.07, 6.45) is 5.82. The van der Waals surface area contributed by atoms with Crippen LogP contribution >= 0.6 is 0 Å². The molecule has 1 unspecified atom stereocenters. The van der Waals surface area contributed by atoms with Gasteiger partial charge in [0.05, 0.1) is 0 Å². The van der Waals surface area contributed by atoms with Crippen LogP contribution in [0.25, 0.3) is 22.5 Å². The SMILES string of the molecule is Cc1cc(-c2ccc(CC(NC(=O)[C@H]3CC[C@H](CN)CC3)C(=O)Nc3ccc(-c4nnn[nH]4)cc3)cc2)ccc1C(=O)NC1CC1. The summed E-state index contributed by atoms with van der Waals surface area (Å²) >= 11 is 0. The Labute approximate surface area is 268 Å². The van der Waals surface area contributed by atoms with Crippen molar-refractivity contribution in [3.8, 4) is 22.5 Å². The van der Waals surface area contributed by atoms with Crippen LogP contribution in [0, 0.1) is 18.8 Å². The third-order valence-corrected chi connectivity index (χ3v) is 9.07. The highest BCUT2D eigenvalue weighted by Gasteiger charge is 2.29. The van der Waals surface area contributed by atoms with Gasteiger partial charge in [-0.25, -0.2) is 5.10 Å². The summed E-state index contributed by atoms with van der Waals surface area (Å²) in [6, 6.07) is 20.6. The number of nitrogens with two attached hydrogens (primary N) is 1. The Morgan fingerprint density at radius 2 is 1.59 bits per heavy atom. The van der Waals surface area contributed by atoms with Crippen molar-refractivity contribution in [2.45, 2.75) is 64.0 Å². The number of H-pyrrole nitrogens is 1. The Balaban J connectivity index is 1.15. The van der Waals surface area contributed by atoms with E-state index in [1.54, 1.807) is 12.1 Å². The van der Waals surface area contributed by atoms with Crippen molar-refractivity contribution in [2.75, 3.05) is 11.9 Å². The summed E-state index contributed by atoms with van der Waals surface area (Å²) < 4.78 is 0. The Kier molecular flexibility index (Phi) is 9.49. The van der Waals surface area contributed by atoms with Crippen LogP contribution in [0.5, 0.6) is 0 Å². The summed E-state index contributed by atoms with van der Waals surface area (Å²) in [6.45, 7) is 2.59. The van der Waals surface area contributed by atoms with Gasteiger partial charge in [-0.05, 0) is 121 Å². The van der Waals surface area contributed by atoms with Crippen LogP contribution in [0.2, 0.25) is 0 Å². The first-order valence-corrected chi connectivity index (χ1v) is 16.0. The fourth-order valence-electron chi connectivity index (χ4n) is 6.04. The monoisotopic (exact) mass is 620 g/mol. The van der Waals surface area contributed by atoms with Gasteiger partial charge in [-0.2, -0.15) is 0 Å². The van der Waals surface area contributed by atoms with E-state index in [1.165, 1.54) is 0 Å². The normalized spacial score (nSPS) is 18.4. The lowest BCUT2D eigenvalue weighted by molar-refractivity contribution is -0.130. The minimum absolute atomic E-state index is 0.0243. The summed E-state index contributed by atoms with van der Waals surface area (Å²) in [5.41, 5.74) is 11.8. The Morgan fingerprint density at radius 1 is 0.891 bits per heavy atom. The van der Waals surface area contributed by atoms with Crippen LogP contribution in [-0.2, 0) is 16.0 Å². The second-order valence-corrected chi connectivity index (χ2v) is 12.5. The zero-order valence-electron chi connectivity index (χ0n) is 26.0. The lowest BCUT2D eigenvalue weighted by atomic mass is 9.81. The molecule has 238 valence electrons. The van der Waals surface area contributed by atoms with E-state index in [2.05, 4.69) is 36.6 Å². The minimum atomic E-state index is -0.768. The number of carbonyl (C=O) groups excluding carboxylic acids is 3. The number of aryl methyl sites for hydroxylation is 1. The predicted molar refractivity (Wildman–Crippen MR) is 175 cm³/mol. The molecule has 0 spiro atoms. The highest BCUT2D eigenvalue weighted by molar-refractivity contribution is 5.98. The van der Waals surface area contributed by atoms with Crippen molar-refractivity contribution >= 4 is 23.4 Å². The number of aromatic nitrogens is 4. The zero-order chi connectivity index (χ0) is 32.0. The molecular formula is C35H40N8O3. The molecule has 2 fully saturated rings. The number of aromatic amines is 1. The maximum Gasteiger partial charge on any atom is 0.251 e. The van der Waals surface area contributed by atoms with Crippen LogP contribution in [0.1, 0.15) is 60.0 Å². The first kappa shape index (κ1) is 31.1.